The van der Waals surface area contributed by atoms with Gasteiger partial charge in [-0.15, -0.1) is 0 Å². The van der Waals surface area contributed by atoms with E-state index in [1.807, 2.05) is 37.3 Å². The van der Waals surface area contributed by atoms with Gasteiger partial charge in [0.1, 0.15) is 6.54 Å². The van der Waals surface area contributed by atoms with Gasteiger partial charge in [-0.1, -0.05) is 42.5 Å². The SMILES string of the molecule is CC[NH+](CC(=O)Nc1cccc(C)c1C)Cc1ccccc1. The molecule has 0 aromatic heterocycles. The second-order valence-electron chi connectivity index (χ2n) is 5.74. The molecule has 0 aliphatic carbocycles. The molecule has 1 amide bonds. The summed E-state index contributed by atoms with van der Waals surface area (Å²) in [5.41, 5.74) is 4.51. The van der Waals surface area contributed by atoms with Crippen LogP contribution in [0.1, 0.15) is 23.6 Å². The highest BCUT2D eigenvalue weighted by Crippen LogP contribution is 2.17. The number of likely N-dealkylation sites (N-methyl/N-ethyl adjacent to an activating group) is 1. The van der Waals surface area contributed by atoms with E-state index < -0.39 is 0 Å². The molecule has 116 valence electrons. The number of quaternary nitrogens is 1. The molecule has 3 nitrogen and oxygen atoms in total. The van der Waals surface area contributed by atoms with E-state index >= 15 is 0 Å². The first-order valence-corrected chi connectivity index (χ1v) is 7.83. The van der Waals surface area contributed by atoms with Crippen LogP contribution >= 0.6 is 0 Å². The fourth-order valence-corrected chi connectivity index (χ4v) is 2.51. The van der Waals surface area contributed by atoms with Gasteiger partial charge in [-0.25, -0.2) is 0 Å². The molecule has 1 atom stereocenters. The Morgan fingerprint density at radius 2 is 1.77 bits per heavy atom. The molecule has 0 saturated carbocycles. The van der Waals surface area contributed by atoms with Gasteiger partial charge in [0.2, 0.25) is 0 Å². The van der Waals surface area contributed by atoms with Crippen molar-refractivity contribution in [1.29, 1.82) is 0 Å². The molecule has 2 rings (SSSR count). The van der Waals surface area contributed by atoms with Crippen LogP contribution in [0.3, 0.4) is 0 Å². The number of anilines is 1. The van der Waals surface area contributed by atoms with Crippen molar-refractivity contribution in [2.24, 2.45) is 0 Å². The molecule has 2 N–H and O–H groups in total. The zero-order valence-corrected chi connectivity index (χ0v) is 13.6. The third-order valence-electron chi connectivity index (χ3n) is 4.09. The lowest BCUT2D eigenvalue weighted by Gasteiger charge is -2.18. The summed E-state index contributed by atoms with van der Waals surface area (Å²) in [4.78, 5) is 13.6. The second-order valence-corrected chi connectivity index (χ2v) is 5.74. The van der Waals surface area contributed by atoms with Gasteiger partial charge in [-0.2, -0.15) is 0 Å². The van der Waals surface area contributed by atoms with E-state index in [0.717, 1.165) is 24.3 Å². The van der Waals surface area contributed by atoms with E-state index in [4.69, 9.17) is 0 Å². The maximum absolute atomic E-state index is 12.3. The Balaban J connectivity index is 1.96. The number of aryl methyl sites for hydroxylation is 1. The summed E-state index contributed by atoms with van der Waals surface area (Å²) in [5.74, 6) is 0.0708. The Kier molecular flexibility index (Phi) is 5.73. The highest BCUT2D eigenvalue weighted by atomic mass is 16.2. The number of nitrogens with one attached hydrogen (secondary N) is 2. The Morgan fingerprint density at radius 1 is 1.05 bits per heavy atom. The van der Waals surface area contributed by atoms with Gasteiger partial charge in [0, 0.05) is 11.3 Å². The third kappa shape index (κ3) is 4.43. The number of hydrogen-bond acceptors (Lipinski definition) is 1. The molecule has 0 fully saturated rings. The van der Waals surface area contributed by atoms with E-state index in [9.17, 15) is 4.79 Å². The summed E-state index contributed by atoms with van der Waals surface area (Å²) in [5, 5.41) is 3.04. The fraction of sp³-hybridized carbons (Fsp3) is 0.316. The molecular formula is C19H25N2O+. The minimum atomic E-state index is 0.0708. The molecule has 0 bridgehead atoms. The van der Waals surface area contributed by atoms with E-state index in [2.05, 4.69) is 37.4 Å². The zero-order valence-electron chi connectivity index (χ0n) is 13.6. The van der Waals surface area contributed by atoms with Crippen molar-refractivity contribution in [2.45, 2.75) is 27.3 Å². The molecule has 0 saturated heterocycles. The van der Waals surface area contributed by atoms with Gasteiger partial charge >= 0.3 is 0 Å². The van der Waals surface area contributed by atoms with Crippen LogP contribution in [0.5, 0.6) is 0 Å². The molecule has 0 aliphatic rings. The Labute approximate surface area is 133 Å². The van der Waals surface area contributed by atoms with Crippen molar-refractivity contribution in [1.82, 2.24) is 0 Å². The predicted molar refractivity (Wildman–Crippen MR) is 91.1 cm³/mol. The van der Waals surface area contributed by atoms with Crippen molar-refractivity contribution in [3.05, 3.63) is 65.2 Å². The summed E-state index contributed by atoms with van der Waals surface area (Å²) in [6.07, 6.45) is 0. The smallest absolute Gasteiger partial charge is 0.279 e. The monoisotopic (exact) mass is 297 g/mol. The standard InChI is InChI=1S/C19H24N2O/c1-4-21(13-17-10-6-5-7-11-17)14-19(22)20-18-12-8-9-15(2)16(18)3/h5-12H,4,13-14H2,1-3H3,(H,20,22)/p+1. The van der Waals surface area contributed by atoms with E-state index in [1.54, 1.807) is 0 Å². The van der Waals surface area contributed by atoms with Crippen molar-refractivity contribution < 1.29 is 9.69 Å². The van der Waals surface area contributed by atoms with Crippen LogP contribution in [0.2, 0.25) is 0 Å². The number of amides is 1. The average Bonchev–Trinajstić information content (AvgIpc) is 2.52. The van der Waals surface area contributed by atoms with Gasteiger partial charge in [-0.3, -0.25) is 4.79 Å². The van der Waals surface area contributed by atoms with Gasteiger partial charge < -0.3 is 10.2 Å². The van der Waals surface area contributed by atoms with Crippen LogP contribution in [0.25, 0.3) is 0 Å². The summed E-state index contributed by atoms with van der Waals surface area (Å²) in [6.45, 7) is 8.50. The first-order chi connectivity index (χ1) is 10.6. The highest BCUT2D eigenvalue weighted by molar-refractivity contribution is 5.92. The second kappa shape index (κ2) is 7.76. The molecule has 0 spiro atoms. The largest absolute Gasteiger partial charge is 0.324 e. The number of rotatable bonds is 6. The van der Waals surface area contributed by atoms with Crippen LogP contribution in [0.4, 0.5) is 5.69 Å². The van der Waals surface area contributed by atoms with Crippen LogP contribution in [-0.2, 0) is 11.3 Å². The predicted octanol–water partition coefficient (Wildman–Crippen LogP) is 2.35. The lowest BCUT2D eigenvalue weighted by molar-refractivity contribution is -0.903. The van der Waals surface area contributed by atoms with Crippen LogP contribution in [0, 0.1) is 13.8 Å². The number of benzene rings is 2. The van der Waals surface area contributed by atoms with Crippen LogP contribution in [0.15, 0.2) is 48.5 Å². The molecule has 2 aromatic carbocycles. The number of hydrogen-bond donors (Lipinski definition) is 2. The molecule has 2 aromatic rings. The summed E-state index contributed by atoms with van der Waals surface area (Å²) in [6, 6.07) is 16.3. The highest BCUT2D eigenvalue weighted by Gasteiger charge is 2.14. The van der Waals surface area contributed by atoms with Gasteiger partial charge in [-0.05, 0) is 38.0 Å². The van der Waals surface area contributed by atoms with Gasteiger partial charge in [0.15, 0.2) is 6.54 Å². The van der Waals surface area contributed by atoms with E-state index in [-0.39, 0.29) is 5.91 Å². The summed E-state index contributed by atoms with van der Waals surface area (Å²) >= 11 is 0. The quantitative estimate of drug-likeness (QED) is 0.843. The Bertz CT molecular complexity index is 623. The number of carbonyl (C=O) groups is 1. The normalized spacial score (nSPS) is 12.0. The third-order valence-corrected chi connectivity index (χ3v) is 4.09. The Hall–Kier alpha value is -2.13. The molecule has 0 aliphatic heterocycles. The Morgan fingerprint density at radius 3 is 2.45 bits per heavy atom. The zero-order chi connectivity index (χ0) is 15.9. The topological polar surface area (TPSA) is 33.5 Å². The van der Waals surface area contributed by atoms with Crippen molar-refractivity contribution >= 4 is 11.6 Å². The number of carbonyl (C=O) groups excluding carboxylic acids is 1. The van der Waals surface area contributed by atoms with Crippen molar-refractivity contribution in [3.8, 4) is 0 Å². The van der Waals surface area contributed by atoms with Gasteiger partial charge in [0.05, 0.1) is 6.54 Å². The lowest BCUT2D eigenvalue weighted by Crippen LogP contribution is -3.11. The maximum atomic E-state index is 12.3. The minimum Gasteiger partial charge on any atom is -0.324 e. The first kappa shape index (κ1) is 16.2. The summed E-state index contributed by atoms with van der Waals surface area (Å²) < 4.78 is 0. The molecule has 22 heavy (non-hydrogen) atoms. The molecule has 3 heteroatoms. The maximum Gasteiger partial charge on any atom is 0.279 e. The van der Waals surface area contributed by atoms with Crippen molar-refractivity contribution in [2.75, 3.05) is 18.4 Å². The first-order valence-electron chi connectivity index (χ1n) is 7.83. The van der Waals surface area contributed by atoms with Crippen LogP contribution in [-0.4, -0.2) is 19.0 Å². The molecule has 0 heterocycles. The average molecular weight is 297 g/mol. The van der Waals surface area contributed by atoms with Crippen molar-refractivity contribution in [3.63, 3.8) is 0 Å². The fourth-order valence-electron chi connectivity index (χ4n) is 2.51. The van der Waals surface area contributed by atoms with E-state index in [0.29, 0.717) is 6.54 Å². The van der Waals surface area contributed by atoms with Crippen LogP contribution < -0.4 is 10.2 Å². The lowest BCUT2D eigenvalue weighted by atomic mass is 10.1. The minimum absolute atomic E-state index is 0.0708. The molecule has 1 unspecified atom stereocenters. The molecular weight excluding hydrogens is 272 g/mol. The van der Waals surface area contributed by atoms with E-state index in [1.165, 1.54) is 16.0 Å². The molecule has 0 radical (unpaired) electrons. The summed E-state index contributed by atoms with van der Waals surface area (Å²) in [7, 11) is 0. The van der Waals surface area contributed by atoms with Gasteiger partial charge in [0.25, 0.3) is 5.91 Å².